The summed E-state index contributed by atoms with van der Waals surface area (Å²) in [7, 11) is -3.56. The monoisotopic (exact) mass is 294 g/mol. The van der Waals surface area contributed by atoms with Gasteiger partial charge >= 0.3 is 0 Å². The van der Waals surface area contributed by atoms with Crippen LogP contribution in [0.2, 0.25) is 5.02 Å². The van der Waals surface area contributed by atoms with E-state index in [1.807, 2.05) is 13.8 Å². The van der Waals surface area contributed by atoms with E-state index in [2.05, 4.69) is 10.0 Å². The highest BCUT2D eigenvalue weighted by atomic mass is 35.5. The molecule has 0 heterocycles. The maximum absolute atomic E-state index is 13.4. The van der Waals surface area contributed by atoms with Gasteiger partial charge in [-0.1, -0.05) is 25.4 Å². The molecule has 0 aliphatic heterocycles. The van der Waals surface area contributed by atoms with Crippen molar-refractivity contribution >= 4 is 27.3 Å². The fourth-order valence-corrected chi connectivity index (χ4v) is 2.42. The van der Waals surface area contributed by atoms with Gasteiger partial charge in [0.1, 0.15) is 5.82 Å². The molecule has 7 heteroatoms. The molecule has 0 fully saturated rings. The van der Waals surface area contributed by atoms with Crippen molar-refractivity contribution in [3.05, 3.63) is 29.0 Å². The summed E-state index contributed by atoms with van der Waals surface area (Å²) in [6, 6.07) is 3.98. The largest absolute Gasteiger partial charge is 0.313 e. The number of hydrogen-bond acceptors (Lipinski definition) is 3. The molecule has 2 N–H and O–H groups in total. The Morgan fingerprint density at radius 3 is 2.61 bits per heavy atom. The zero-order valence-electron chi connectivity index (χ0n) is 10.2. The third-order valence-corrected chi connectivity index (χ3v) is 3.63. The lowest BCUT2D eigenvalue weighted by Gasteiger charge is -2.11. The summed E-state index contributed by atoms with van der Waals surface area (Å²) in [5.41, 5.74) is -0.0936. The summed E-state index contributed by atoms with van der Waals surface area (Å²) < 4.78 is 38.9. The van der Waals surface area contributed by atoms with Crippen LogP contribution < -0.4 is 10.0 Å². The number of sulfonamides is 1. The van der Waals surface area contributed by atoms with E-state index in [0.717, 1.165) is 6.07 Å². The second kappa shape index (κ2) is 6.36. The lowest BCUT2D eigenvalue weighted by atomic mass is 10.3. The van der Waals surface area contributed by atoms with Crippen LogP contribution in [0.1, 0.15) is 13.8 Å². The minimum atomic E-state index is -3.56. The van der Waals surface area contributed by atoms with E-state index in [1.54, 1.807) is 0 Å². The number of anilines is 1. The highest BCUT2D eigenvalue weighted by Crippen LogP contribution is 2.19. The molecule has 0 saturated heterocycles. The standard InChI is InChI=1S/C11H16ClFN2O2S/c1-8(2)14-5-6-18(16,17)15-11-4-3-9(12)7-10(11)13/h3-4,7-8,14-15H,5-6H2,1-2H3. The molecule has 0 unspecified atom stereocenters. The molecule has 0 atom stereocenters. The normalized spacial score (nSPS) is 11.8. The van der Waals surface area contributed by atoms with Gasteiger partial charge in [0.2, 0.25) is 10.0 Å². The zero-order chi connectivity index (χ0) is 13.8. The van der Waals surface area contributed by atoms with E-state index >= 15 is 0 Å². The van der Waals surface area contributed by atoms with Crippen molar-refractivity contribution in [2.24, 2.45) is 0 Å². The molecule has 0 spiro atoms. The molecule has 102 valence electrons. The Balaban J connectivity index is 2.65. The van der Waals surface area contributed by atoms with Crippen LogP contribution in [-0.4, -0.2) is 26.8 Å². The molecule has 1 rings (SSSR count). The van der Waals surface area contributed by atoms with Crippen molar-refractivity contribution in [3.8, 4) is 0 Å². The molecular formula is C11H16ClFN2O2S. The lowest BCUT2D eigenvalue weighted by Crippen LogP contribution is -2.31. The van der Waals surface area contributed by atoms with Crippen molar-refractivity contribution in [2.75, 3.05) is 17.0 Å². The number of halogens is 2. The Kier molecular flexibility index (Phi) is 5.37. The molecule has 1 aromatic rings. The predicted molar refractivity (Wildman–Crippen MR) is 72.0 cm³/mol. The molecular weight excluding hydrogens is 279 g/mol. The van der Waals surface area contributed by atoms with Crippen LogP contribution in [0.25, 0.3) is 0 Å². The van der Waals surface area contributed by atoms with Crippen molar-refractivity contribution in [1.82, 2.24) is 5.32 Å². The fraction of sp³-hybridized carbons (Fsp3) is 0.455. The van der Waals surface area contributed by atoms with Crippen molar-refractivity contribution in [1.29, 1.82) is 0 Å². The van der Waals surface area contributed by atoms with Crippen LogP contribution in [0.4, 0.5) is 10.1 Å². The molecule has 1 aromatic carbocycles. The Morgan fingerprint density at radius 2 is 2.06 bits per heavy atom. The van der Waals surface area contributed by atoms with Crippen LogP contribution in [0, 0.1) is 5.82 Å². The van der Waals surface area contributed by atoms with Crippen LogP contribution in [0.3, 0.4) is 0 Å². The Hall–Kier alpha value is -0.850. The third kappa shape index (κ3) is 5.20. The second-order valence-electron chi connectivity index (χ2n) is 4.15. The Bertz CT molecular complexity index is 506. The zero-order valence-corrected chi connectivity index (χ0v) is 11.8. The van der Waals surface area contributed by atoms with E-state index in [0.29, 0.717) is 6.54 Å². The number of hydrogen-bond donors (Lipinski definition) is 2. The molecule has 4 nitrogen and oxygen atoms in total. The second-order valence-corrected chi connectivity index (χ2v) is 6.43. The number of nitrogens with one attached hydrogen (secondary N) is 2. The highest BCUT2D eigenvalue weighted by Gasteiger charge is 2.13. The van der Waals surface area contributed by atoms with Crippen LogP contribution >= 0.6 is 11.6 Å². The summed E-state index contributed by atoms with van der Waals surface area (Å²) in [4.78, 5) is 0. The van der Waals surface area contributed by atoms with E-state index in [-0.39, 0.29) is 22.5 Å². The summed E-state index contributed by atoms with van der Waals surface area (Å²) in [5, 5.41) is 3.20. The average molecular weight is 295 g/mol. The molecule has 0 amide bonds. The van der Waals surface area contributed by atoms with Gasteiger partial charge in [-0.25, -0.2) is 12.8 Å². The lowest BCUT2D eigenvalue weighted by molar-refractivity contribution is 0.580. The summed E-state index contributed by atoms with van der Waals surface area (Å²) in [6.07, 6.45) is 0. The summed E-state index contributed by atoms with van der Waals surface area (Å²) >= 11 is 5.58. The van der Waals surface area contributed by atoms with Gasteiger partial charge in [0.05, 0.1) is 11.4 Å². The number of benzene rings is 1. The van der Waals surface area contributed by atoms with E-state index < -0.39 is 15.8 Å². The van der Waals surface area contributed by atoms with Crippen LogP contribution in [-0.2, 0) is 10.0 Å². The first-order valence-electron chi connectivity index (χ1n) is 5.49. The molecule has 18 heavy (non-hydrogen) atoms. The first-order valence-corrected chi connectivity index (χ1v) is 7.52. The molecule has 0 aliphatic rings. The topological polar surface area (TPSA) is 58.2 Å². The first-order chi connectivity index (χ1) is 8.30. The average Bonchev–Trinajstić information content (AvgIpc) is 2.21. The van der Waals surface area contributed by atoms with Gasteiger partial charge in [-0.3, -0.25) is 4.72 Å². The van der Waals surface area contributed by atoms with Crippen LogP contribution in [0.5, 0.6) is 0 Å². The predicted octanol–water partition coefficient (Wildman–Crippen LogP) is 2.22. The molecule has 0 aromatic heterocycles. The highest BCUT2D eigenvalue weighted by molar-refractivity contribution is 7.92. The quantitative estimate of drug-likeness (QED) is 0.846. The number of rotatable bonds is 6. The molecule has 0 saturated carbocycles. The summed E-state index contributed by atoms with van der Waals surface area (Å²) in [6.45, 7) is 4.14. The first kappa shape index (κ1) is 15.2. The van der Waals surface area contributed by atoms with E-state index in [1.165, 1.54) is 12.1 Å². The summed E-state index contributed by atoms with van der Waals surface area (Å²) in [5.74, 6) is -0.810. The van der Waals surface area contributed by atoms with Gasteiger partial charge in [-0.05, 0) is 18.2 Å². The fourth-order valence-electron chi connectivity index (χ4n) is 1.27. The minimum absolute atomic E-state index is 0.0936. The maximum atomic E-state index is 13.4. The smallest absolute Gasteiger partial charge is 0.234 e. The van der Waals surface area contributed by atoms with Crippen molar-refractivity contribution in [2.45, 2.75) is 19.9 Å². The molecule has 0 aliphatic carbocycles. The van der Waals surface area contributed by atoms with E-state index in [4.69, 9.17) is 11.6 Å². The minimum Gasteiger partial charge on any atom is -0.313 e. The van der Waals surface area contributed by atoms with Gasteiger partial charge in [0.15, 0.2) is 0 Å². The van der Waals surface area contributed by atoms with Gasteiger partial charge in [0.25, 0.3) is 0 Å². The van der Waals surface area contributed by atoms with Gasteiger partial charge in [-0.2, -0.15) is 0 Å². The van der Waals surface area contributed by atoms with Crippen molar-refractivity contribution in [3.63, 3.8) is 0 Å². The van der Waals surface area contributed by atoms with Gasteiger partial charge in [0, 0.05) is 17.6 Å². The van der Waals surface area contributed by atoms with E-state index in [9.17, 15) is 12.8 Å². The Morgan fingerprint density at radius 1 is 1.39 bits per heavy atom. The SMILES string of the molecule is CC(C)NCCS(=O)(=O)Nc1ccc(Cl)cc1F. The van der Waals surface area contributed by atoms with Gasteiger partial charge in [-0.15, -0.1) is 0 Å². The maximum Gasteiger partial charge on any atom is 0.234 e. The van der Waals surface area contributed by atoms with Gasteiger partial charge < -0.3 is 5.32 Å². The van der Waals surface area contributed by atoms with Crippen molar-refractivity contribution < 1.29 is 12.8 Å². The third-order valence-electron chi connectivity index (χ3n) is 2.12. The molecule has 0 radical (unpaired) electrons. The Labute approximate surface area is 112 Å². The van der Waals surface area contributed by atoms with Crippen LogP contribution in [0.15, 0.2) is 18.2 Å². The molecule has 0 bridgehead atoms.